The summed E-state index contributed by atoms with van der Waals surface area (Å²) >= 11 is 0. The normalized spacial score (nSPS) is 20.3. The molecule has 0 saturated carbocycles. The first-order valence-electron chi connectivity index (χ1n) is 9.83. The number of ether oxygens (including phenoxy) is 1. The Kier molecular flexibility index (Phi) is 7.49. The fourth-order valence-electron chi connectivity index (χ4n) is 3.37. The second-order valence-electron chi connectivity index (χ2n) is 7.37. The van der Waals surface area contributed by atoms with Gasteiger partial charge in [0.05, 0.1) is 18.9 Å². The fraction of sp³-hybridized carbons (Fsp3) is 0.667. The highest BCUT2D eigenvalue weighted by molar-refractivity contribution is 7.89. The highest BCUT2D eigenvalue weighted by Gasteiger charge is 2.24. The Morgan fingerprint density at radius 1 is 1.11 bits per heavy atom. The van der Waals surface area contributed by atoms with E-state index in [0.29, 0.717) is 31.0 Å². The van der Waals surface area contributed by atoms with Gasteiger partial charge in [-0.15, -0.1) is 4.83 Å². The Balaban J connectivity index is 1.59. The van der Waals surface area contributed by atoms with Gasteiger partial charge in [0.25, 0.3) is 10.0 Å². The van der Waals surface area contributed by atoms with Crippen LogP contribution in [0.2, 0.25) is 0 Å². The molecule has 2 saturated heterocycles. The maximum Gasteiger partial charge on any atom is 0.255 e. The molecule has 2 aliphatic heterocycles. The van der Waals surface area contributed by atoms with Crippen molar-refractivity contribution in [3.8, 4) is 0 Å². The lowest BCUT2D eigenvalue weighted by atomic mass is 10.2. The van der Waals surface area contributed by atoms with Crippen LogP contribution in [0.25, 0.3) is 0 Å². The van der Waals surface area contributed by atoms with E-state index < -0.39 is 10.0 Å². The van der Waals surface area contributed by atoms with Crippen LogP contribution < -0.4 is 15.9 Å². The number of benzene rings is 1. The van der Waals surface area contributed by atoms with Crippen molar-refractivity contribution >= 4 is 21.4 Å². The Hall–Kier alpha value is -1.43. The molecule has 1 aromatic rings. The second-order valence-corrected chi connectivity index (χ2v) is 9.00. The minimum atomic E-state index is -3.70. The Bertz CT molecular complexity index is 731. The van der Waals surface area contributed by atoms with Gasteiger partial charge < -0.3 is 20.7 Å². The summed E-state index contributed by atoms with van der Waals surface area (Å²) in [5, 5.41) is 5.02. The zero-order valence-corrected chi connectivity index (χ0v) is 17.4. The molecule has 0 aromatic heterocycles. The van der Waals surface area contributed by atoms with Crippen molar-refractivity contribution in [1.29, 1.82) is 0 Å². The summed E-state index contributed by atoms with van der Waals surface area (Å²) in [5.41, 5.74) is 6.88. The van der Waals surface area contributed by atoms with Gasteiger partial charge in [0.1, 0.15) is 4.90 Å². The average molecular weight is 413 g/mol. The number of hydrogen-bond donors (Lipinski definition) is 3. The molecule has 0 amide bonds. The largest absolute Gasteiger partial charge is 0.399 e. The quantitative estimate of drug-likeness (QED) is 0.400. The van der Waals surface area contributed by atoms with E-state index in [0.717, 1.165) is 52.4 Å². The van der Waals surface area contributed by atoms with Crippen LogP contribution in [-0.4, -0.2) is 95.8 Å². The number of morpholine rings is 1. The van der Waals surface area contributed by atoms with Crippen molar-refractivity contribution in [2.24, 2.45) is 0 Å². The first-order valence-corrected chi connectivity index (χ1v) is 11.3. The molecule has 2 aliphatic rings. The van der Waals surface area contributed by atoms with Gasteiger partial charge in [0, 0.05) is 51.5 Å². The van der Waals surface area contributed by atoms with Crippen molar-refractivity contribution in [2.45, 2.75) is 11.3 Å². The van der Waals surface area contributed by atoms with E-state index in [9.17, 15) is 8.42 Å². The van der Waals surface area contributed by atoms with Crippen molar-refractivity contribution in [3.63, 3.8) is 0 Å². The molecule has 2 fully saturated rings. The number of rotatable bonds is 8. The van der Waals surface area contributed by atoms with E-state index in [1.54, 1.807) is 17.1 Å². The summed E-state index contributed by atoms with van der Waals surface area (Å²) in [4.78, 5) is 7.43. The number of nitrogens with two attached hydrogens (primary N) is 1. The maximum atomic E-state index is 13.0. The lowest BCUT2D eigenvalue weighted by Gasteiger charge is -2.32. The number of likely N-dealkylation sites (N-methyl/N-ethyl adjacent to an activating group) is 1. The highest BCUT2D eigenvalue weighted by Crippen LogP contribution is 2.24. The molecule has 0 unspecified atom stereocenters. The van der Waals surface area contributed by atoms with Crippen LogP contribution in [0.4, 0.5) is 11.4 Å². The zero-order valence-electron chi connectivity index (χ0n) is 16.6. The Morgan fingerprint density at radius 2 is 1.82 bits per heavy atom. The van der Waals surface area contributed by atoms with Crippen LogP contribution in [0.5, 0.6) is 0 Å². The molecule has 0 spiro atoms. The summed E-state index contributed by atoms with van der Waals surface area (Å²) in [6.45, 7) is 8.09. The molecule has 0 atom stereocenters. The molecular formula is C18H32N6O3S. The molecule has 4 N–H and O–H groups in total. The topological polar surface area (TPSA) is 103 Å². The third-order valence-corrected chi connectivity index (χ3v) is 6.53. The SMILES string of the molecule is CN1CCN(NS(=O)(=O)c2cc(N)ccc2NCCCN2CCOCC2)CC1. The van der Waals surface area contributed by atoms with Gasteiger partial charge in [-0.25, -0.2) is 13.4 Å². The van der Waals surface area contributed by atoms with Crippen LogP contribution in [-0.2, 0) is 14.8 Å². The van der Waals surface area contributed by atoms with Crippen molar-refractivity contribution in [3.05, 3.63) is 18.2 Å². The number of piperazine rings is 1. The number of nitrogen functional groups attached to an aromatic ring is 1. The van der Waals surface area contributed by atoms with Crippen molar-refractivity contribution in [1.82, 2.24) is 19.6 Å². The summed E-state index contributed by atoms with van der Waals surface area (Å²) in [5.74, 6) is 0. The summed E-state index contributed by atoms with van der Waals surface area (Å²) < 4.78 is 31.3. The fourth-order valence-corrected chi connectivity index (χ4v) is 4.72. The van der Waals surface area contributed by atoms with Gasteiger partial charge in [-0.05, 0) is 38.2 Å². The van der Waals surface area contributed by atoms with Gasteiger partial charge in [-0.2, -0.15) is 0 Å². The summed E-state index contributed by atoms with van der Waals surface area (Å²) in [6.07, 6.45) is 0.926. The Morgan fingerprint density at radius 3 is 2.54 bits per heavy atom. The van der Waals surface area contributed by atoms with Crippen LogP contribution in [0.15, 0.2) is 23.1 Å². The summed E-state index contributed by atoms with van der Waals surface area (Å²) in [6, 6.07) is 4.98. The van der Waals surface area contributed by atoms with Gasteiger partial charge in [0.15, 0.2) is 0 Å². The monoisotopic (exact) mass is 412 g/mol. The van der Waals surface area contributed by atoms with E-state index in [4.69, 9.17) is 10.5 Å². The molecule has 0 bridgehead atoms. The van der Waals surface area contributed by atoms with Gasteiger partial charge in [-0.1, -0.05) is 0 Å². The molecular weight excluding hydrogens is 380 g/mol. The van der Waals surface area contributed by atoms with E-state index in [2.05, 4.69) is 19.9 Å². The Labute approximate surface area is 167 Å². The molecule has 2 heterocycles. The van der Waals surface area contributed by atoms with E-state index in [1.165, 1.54) is 6.07 Å². The lowest BCUT2D eigenvalue weighted by molar-refractivity contribution is 0.0378. The molecule has 0 radical (unpaired) electrons. The zero-order chi connectivity index (χ0) is 20.0. The molecule has 0 aliphatic carbocycles. The van der Waals surface area contributed by atoms with E-state index >= 15 is 0 Å². The molecule has 9 nitrogen and oxygen atoms in total. The van der Waals surface area contributed by atoms with Gasteiger partial charge >= 0.3 is 0 Å². The second kappa shape index (κ2) is 9.86. The van der Waals surface area contributed by atoms with Crippen molar-refractivity contribution in [2.75, 3.05) is 83.7 Å². The van der Waals surface area contributed by atoms with Gasteiger partial charge in [-0.3, -0.25) is 4.90 Å². The minimum Gasteiger partial charge on any atom is -0.399 e. The smallest absolute Gasteiger partial charge is 0.255 e. The highest BCUT2D eigenvalue weighted by atomic mass is 32.2. The van der Waals surface area contributed by atoms with Gasteiger partial charge in [0.2, 0.25) is 0 Å². The van der Waals surface area contributed by atoms with Crippen LogP contribution in [0, 0.1) is 0 Å². The molecule has 158 valence electrons. The number of hydrazine groups is 1. The summed E-state index contributed by atoms with van der Waals surface area (Å²) in [7, 11) is -1.67. The third kappa shape index (κ3) is 6.03. The molecule has 28 heavy (non-hydrogen) atoms. The number of nitrogens with zero attached hydrogens (tertiary/aromatic N) is 3. The van der Waals surface area contributed by atoms with Crippen LogP contribution >= 0.6 is 0 Å². The van der Waals surface area contributed by atoms with Crippen molar-refractivity contribution < 1.29 is 13.2 Å². The van der Waals surface area contributed by atoms with E-state index in [1.807, 2.05) is 7.05 Å². The predicted octanol–water partition coefficient (Wildman–Crippen LogP) is -0.156. The maximum absolute atomic E-state index is 13.0. The van der Waals surface area contributed by atoms with E-state index in [-0.39, 0.29) is 4.90 Å². The number of hydrogen-bond acceptors (Lipinski definition) is 8. The number of sulfonamides is 1. The third-order valence-electron chi connectivity index (χ3n) is 5.12. The minimum absolute atomic E-state index is 0.192. The molecule has 10 heteroatoms. The number of anilines is 2. The molecule has 3 rings (SSSR count). The predicted molar refractivity (Wildman–Crippen MR) is 111 cm³/mol. The van der Waals surface area contributed by atoms with Crippen LogP contribution in [0.1, 0.15) is 6.42 Å². The lowest BCUT2D eigenvalue weighted by Crippen LogP contribution is -2.52. The first kappa shape index (κ1) is 21.3. The standard InChI is InChI=1S/C18H32N6O3S/c1-22-7-9-24(10-8-22)21-28(25,26)18-15-16(19)3-4-17(18)20-5-2-6-23-11-13-27-14-12-23/h3-4,15,20-21H,2,5-14,19H2,1H3. The first-order chi connectivity index (χ1) is 13.4. The average Bonchev–Trinajstić information content (AvgIpc) is 2.68. The van der Waals surface area contributed by atoms with Crippen LogP contribution in [0.3, 0.4) is 0 Å². The number of nitrogens with one attached hydrogen (secondary N) is 2. The molecule has 1 aromatic carbocycles.